The lowest BCUT2D eigenvalue weighted by Gasteiger charge is -2.30. The summed E-state index contributed by atoms with van der Waals surface area (Å²) in [7, 11) is 0. The number of ketones is 1. The first kappa shape index (κ1) is 17.5. The fourth-order valence-electron chi connectivity index (χ4n) is 2.98. The Kier molecular flexibility index (Phi) is 5.71. The highest BCUT2D eigenvalue weighted by atomic mass is 35.5. The molecule has 0 radical (unpaired) electrons. The molecule has 5 heteroatoms. The quantitative estimate of drug-likeness (QED) is 0.753. The fourth-order valence-corrected chi connectivity index (χ4v) is 3.11. The molecule has 2 aromatic carbocycles. The first-order valence-electron chi connectivity index (χ1n) is 8.39. The van der Waals surface area contributed by atoms with Gasteiger partial charge in [0.15, 0.2) is 5.78 Å². The minimum Gasteiger partial charge on any atom is -0.445 e. The Balaban J connectivity index is 1.48. The van der Waals surface area contributed by atoms with Gasteiger partial charge in [0.2, 0.25) is 0 Å². The van der Waals surface area contributed by atoms with Crippen molar-refractivity contribution in [3.05, 3.63) is 70.7 Å². The summed E-state index contributed by atoms with van der Waals surface area (Å²) in [5.41, 5.74) is 1.64. The van der Waals surface area contributed by atoms with Gasteiger partial charge in [0.05, 0.1) is 0 Å². The highest BCUT2D eigenvalue weighted by molar-refractivity contribution is 6.30. The number of piperidine rings is 1. The molecule has 0 aliphatic carbocycles. The molecular weight excluding hydrogens is 338 g/mol. The van der Waals surface area contributed by atoms with Crippen LogP contribution in [0.25, 0.3) is 0 Å². The molecule has 4 nitrogen and oxygen atoms in total. The van der Waals surface area contributed by atoms with E-state index in [-0.39, 0.29) is 24.4 Å². The summed E-state index contributed by atoms with van der Waals surface area (Å²) in [5, 5.41) is 0.618. The van der Waals surface area contributed by atoms with Crippen LogP contribution in [0.1, 0.15) is 28.8 Å². The van der Waals surface area contributed by atoms with E-state index in [1.807, 2.05) is 30.3 Å². The highest BCUT2D eigenvalue weighted by Gasteiger charge is 2.28. The van der Waals surface area contributed by atoms with Gasteiger partial charge in [-0.2, -0.15) is 0 Å². The second-order valence-electron chi connectivity index (χ2n) is 6.17. The van der Waals surface area contributed by atoms with Crippen LogP contribution in [0.3, 0.4) is 0 Å². The normalized spacial score (nSPS) is 15.0. The van der Waals surface area contributed by atoms with Crippen molar-refractivity contribution in [3.8, 4) is 0 Å². The molecule has 1 amide bonds. The van der Waals surface area contributed by atoms with Gasteiger partial charge in [-0.25, -0.2) is 4.79 Å². The second kappa shape index (κ2) is 8.17. The Bertz CT molecular complexity index is 722. The Morgan fingerprint density at radius 1 is 1.00 bits per heavy atom. The number of likely N-dealkylation sites (tertiary alicyclic amines) is 1. The number of ether oxygens (including phenoxy) is 1. The van der Waals surface area contributed by atoms with E-state index in [1.165, 1.54) is 0 Å². The van der Waals surface area contributed by atoms with Gasteiger partial charge in [-0.15, -0.1) is 0 Å². The van der Waals surface area contributed by atoms with E-state index in [1.54, 1.807) is 29.2 Å². The van der Waals surface area contributed by atoms with E-state index in [0.29, 0.717) is 36.5 Å². The number of nitrogens with zero attached hydrogens (tertiary/aromatic N) is 1. The van der Waals surface area contributed by atoms with Crippen molar-refractivity contribution in [1.29, 1.82) is 0 Å². The summed E-state index contributed by atoms with van der Waals surface area (Å²) >= 11 is 5.86. The smallest absolute Gasteiger partial charge is 0.410 e. The molecule has 0 saturated carbocycles. The van der Waals surface area contributed by atoms with Gasteiger partial charge >= 0.3 is 6.09 Å². The van der Waals surface area contributed by atoms with Crippen LogP contribution in [0.2, 0.25) is 5.02 Å². The number of hydrogen-bond donors (Lipinski definition) is 0. The molecule has 25 heavy (non-hydrogen) atoms. The topological polar surface area (TPSA) is 46.6 Å². The second-order valence-corrected chi connectivity index (χ2v) is 6.61. The number of benzene rings is 2. The number of carbonyl (C=O) groups excluding carboxylic acids is 2. The van der Waals surface area contributed by atoms with Gasteiger partial charge in [0.25, 0.3) is 0 Å². The van der Waals surface area contributed by atoms with Gasteiger partial charge in [-0.05, 0) is 42.7 Å². The van der Waals surface area contributed by atoms with Crippen LogP contribution in [0.5, 0.6) is 0 Å². The summed E-state index contributed by atoms with van der Waals surface area (Å²) in [5.74, 6) is 0.0633. The van der Waals surface area contributed by atoms with Crippen molar-refractivity contribution < 1.29 is 14.3 Å². The Hall–Kier alpha value is -2.33. The average molecular weight is 358 g/mol. The van der Waals surface area contributed by atoms with Crippen LogP contribution in [-0.4, -0.2) is 29.9 Å². The van der Waals surface area contributed by atoms with Gasteiger partial charge in [0, 0.05) is 29.6 Å². The molecule has 1 fully saturated rings. The van der Waals surface area contributed by atoms with Crippen LogP contribution in [0.4, 0.5) is 4.79 Å². The number of Topliss-reactive ketones (excluding diaryl/α,β-unsaturated/α-hetero) is 1. The van der Waals surface area contributed by atoms with E-state index in [9.17, 15) is 9.59 Å². The lowest BCUT2D eigenvalue weighted by molar-refractivity contribution is 0.0713. The zero-order chi connectivity index (χ0) is 17.6. The largest absolute Gasteiger partial charge is 0.445 e. The number of carbonyl (C=O) groups is 2. The highest BCUT2D eigenvalue weighted by Crippen LogP contribution is 2.23. The third-order valence-electron chi connectivity index (χ3n) is 4.46. The van der Waals surface area contributed by atoms with Crippen LogP contribution >= 0.6 is 11.6 Å². The number of halogens is 1. The minimum absolute atomic E-state index is 0.0562. The molecular formula is C20H20ClNO3. The first-order valence-corrected chi connectivity index (χ1v) is 8.76. The van der Waals surface area contributed by atoms with Crippen LogP contribution < -0.4 is 0 Å². The number of rotatable bonds is 4. The molecule has 0 N–H and O–H groups in total. The predicted molar refractivity (Wildman–Crippen MR) is 96.7 cm³/mol. The molecule has 1 saturated heterocycles. The van der Waals surface area contributed by atoms with Gasteiger partial charge < -0.3 is 9.64 Å². The average Bonchev–Trinajstić information content (AvgIpc) is 2.67. The summed E-state index contributed by atoms with van der Waals surface area (Å²) in [4.78, 5) is 26.4. The van der Waals surface area contributed by atoms with Crippen molar-refractivity contribution in [2.24, 2.45) is 5.92 Å². The van der Waals surface area contributed by atoms with E-state index in [4.69, 9.17) is 16.3 Å². The molecule has 0 bridgehead atoms. The van der Waals surface area contributed by atoms with E-state index >= 15 is 0 Å². The molecule has 1 aliphatic rings. The lowest BCUT2D eigenvalue weighted by atomic mass is 9.89. The van der Waals surface area contributed by atoms with E-state index < -0.39 is 0 Å². The molecule has 0 aromatic heterocycles. The van der Waals surface area contributed by atoms with Crippen molar-refractivity contribution in [2.75, 3.05) is 13.1 Å². The fraction of sp³-hybridized carbons (Fsp3) is 0.300. The predicted octanol–water partition coefficient (Wildman–Crippen LogP) is 4.57. The van der Waals surface area contributed by atoms with Gasteiger partial charge in [0.1, 0.15) is 6.61 Å². The van der Waals surface area contributed by atoms with Crippen molar-refractivity contribution >= 4 is 23.5 Å². The third-order valence-corrected chi connectivity index (χ3v) is 4.71. The SMILES string of the molecule is O=C(c1ccc(Cl)cc1)C1CCN(C(=O)OCc2ccccc2)CC1. The Morgan fingerprint density at radius 3 is 2.28 bits per heavy atom. The van der Waals surface area contributed by atoms with Gasteiger partial charge in [-0.1, -0.05) is 41.9 Å². The molecule has 1 heterocycles. The summed E-state index contributed by atoms with van der Waals surface area (Å²) in [6.45, 7) is 1.35. The maximum Gasteiger partial charge on any atom is 0.410 e. The maximum absolute atomic E-state index is 12.5. The summed E-state index contributed by atoms with van der Waals surface area (Å²) in [6, 6.07) is 16.6. The van der Waals surface area contributed by atoms with Crippen molar-refractivity contribution in [1.82, 2.24) is 4.90 Å². The third kappa shape index (κ3) is 4.60. The minimum atomic E-state index is -0.318. The van der Waals surface area contributed by atoms with Crippen molar-refractivity contribution in [2.45, 2.75) is 19.4 Å². The molecule has 3 rings (SSSR count). The number of hydrogen-bond acceptors (Lipinski definition) is 3. The monoisotopic (exact) mass is 357 g/mol. The standard InChI is InChI=1S/C20H20ClNO3/c21-18-8-6-16(7-9-18)19(23)17-10-12-22(13-11-17)20(24)25-14-15-4-2-1-3-5-15/h1-9,17H,10-14H2. The van der Waals surface area contributed by atoms with E-state index in [0.717, 1.165) is 5.56 Å². The molecule has 130 valence electrons. The lowest BCUT2D eigenvalue weighted by Crippen LogP contribution is -2.40. The van der Waals surface area contributed by atoms with Gasteiger partial charge in [-0.3, -0.25) is 4.79 Å². The van der Waals surface area contributed by atoms with Crippen molar-refractivity contribution in [3.63, 3.8) is 0 Å². The molecule has 2 aromatic rings. The Morgan fingerprint density at radius 2 is 1.64 bits per heavy atom. The molecule has 0 atom stereocenters. The van der Waals surface area contributed by atoms with Crippen LogP contribution in [0, 0.1) is 5.92 Å². The van der Waals surface area contributed by atoms with E-state index in [2.05, 4.69) is 0 Å². The van der Waals surface area contributed by atoms with Crippen LogP contribution in [0.15, 0.2) is 54.6 Å². The summed E-state index contributed by atoms with van der Waals surface area (Å²) < 4.78 is 5.35. The zero-order valence-electron chi connectivity index (χ0n) is 13.9. The summed E-state index contributed by atoms with van der Waals surface area (Å²) in [6.07, 6.45) is 0.991. The molecule has 0 unspecified atom stereocenters. The molecule has 0 spiro atoms. The maximum atomic E-state index is 12.5. The Labute approximate surface area is 152 Å². The number of amides is 1. The van der Waals surface area contributed by atoms with Crippen LogP contribution in [-0.2, 0) is 11.3 Å². The molecule has 1 aliphatic heterocycles. The zero-order valence-corrected chi connectivity index (χ0v) is 14.6. The first-order chi connectivity index (χ1) is 12.1.